The fourth-order valence-electron chi connectivity index (χ4n) is 2.65. The average molecular weight is 332 g/mol. The molecule has 0 amide bonds. The Morgan fingerprint density at radius 3 is 2.94 bits per heavy atom. The molecule has 0 spiro atoms. The first-order chi connectivity index (χ1) is 8.66. The van der Waals surface area contributed by atoms with Crippen LogP contribution in [0.5, 0.6) is 0 Å². The summed E-state index contributed by atoms with van der Waals surface area (Å²) in [6.07, 6.45) is 3.83. The van der Waals surface area contributed by atoms with Crippen LogP contribution in [-0.4, -0.2) is 25.8 Å². The van der Waals surface area contributed by atoms with Crippen LogP contribution < -0.4 is 5.32 Å². The summed E-state index contributed by atoms with van der Waals surface area (Å²) in [5, 5.41) is 3.59. The van der Waals surface area contributed by atoms with Gasteiger partial charge in [-0.2, -0.15) is 0 Å². The van der Waals surface area contributed by atoms with Gasteiger partial charge in [-0.1, -0.05) is 6.92 Å². The standard InChI is InChI=1S/C14H22BrNOS/c1-3-7-16-10-14(6-8-17-11(14)2)9-12-4-5-13(15)18-12/h4-5,11,16H,3,6-10H2,1-2H3. The third kappa shape index (κ3) is 3.35. The van der Waals surface area contributed by atoms with Gasteiger partial charge in [0, 0.05) is 23.4 Å². The molecule has 2 nitrogen and oxygen atoms in total. The van der Waals surface area contributed by atoms with E-state index >= 15 is 0 Å². The van der Waals surface area contributed by atoms with Gasteiger partial charge in [0.1, 0.15) is 0 Å². The first kappa shape index (κ1) is 14.5. The van der Waals surface area contributed by atoms with E-state index in [1.165, 1.54) is 21.5 Å². The first-order valence-electron chi connectivity index (χ1n) is 6.73. The van der Waals surface area contributed by atoms with Gasteiger partial charge in [-0.15, -0.1) is 11.3 Å². The Morgan fingerprint density at radius 2 is 2.39 bits per heavy atom. The Hall–Kier alpha value is 0.1000. The number of ether oxygens (including phenoxy) is 1. The minimum atomic E-state index is 0.277. The quantitative estimate of drug-likeness (QED) is 0.799. The van der Waals surface area contributed by atoms with Crippen molar-refractivity contribution in [3.63, 3.8) is 0 Å². The highest BCUT2D eigenvalue weighted by Gasteiger charge is 2.41. The van der Waals surface area contributed by atoms with E-state index in [4.69, 9.17) is 4.74 Å². The molecule has 1 aromatic heterocycles. The molecular weight excluding hydrogens is 310 g/mol. The molecule has 0 radical (unpaired) electrons. The molecule has 1 N–H and O–H groups in total. The number of halogens is 1. The molecule has 102 valence electrons. The van der Waals surface area contributed by atoms with Crippen LogP contribution in [0.4, 0.5) is 0 Å². The predicted molar refractivity (Wildman–Crippen MR) is 81.3 cm³/mol. The van der Waals surface area contributed by atoms with Crippen molar-refractivity contribution in [1.82, 2.24) is 5.32 Å². The Labute approximate surface area is 122 Å². The van der Waals surface area contributed by atoms with Gasteiger partial charge in [-0.25, -0.2) is 0 Å². The normalized spacial score (nSPS) is 27.8. The van der Waals surface area contributed by atoms with Gasteiger partial charge in [0.05, 0.1) is 9.89 Å². The van der Waals surface area contributed by atoms with Gasteiger partial charge in [0.25, 0.3) is 0 Å². The molecule has 18 heavy (non-hydrogen) atoms. The largest absolute Gasteiger partial charge is 0.378 e. The first-order valence-corrected chi connectivity index (χ1v) is 8.34. The fourth-order valence-corrected chi connectivity index (χ4v) is 4.29. The van der Waals surface area contributed by atoms with E-state index in [2.05, 4.69) is 47.2 Å². The molecule has 1 fully saturated rings. The molecule has 0 saturated carbocycles. The number of hydrogen-bond donors (Lipinski definition) is 1. The molecule has 1 aliphatic heterocycles. The van der Waals surface area contributed by atoms with Crippen molar-refractivity contribution in [2.24, 2.45) is 5.41 Å². The maximum atomic E-state index is 5.83. The van der Waals surface area contributed by atoms with Crippen LogP contribution in [-0.2, 0) is 11.2 Å². The maximum Gasteiger partial charge on any atom is 0.0701 e. The second-order valence-corrected chi connectivity index (χ2v) is 7.73. The summed E-state index contributed by atoms with van der Waals surface area (Å²) in [5.41, 5.74) is 0.277. The van der Waals surface area contributed by atoms with E-state index < -0.39 is 0 Å². The maximum absolute atomic E-state index is 5.83. The molecule has 1 aromatic rings. The van der Waals surface area contributed by atoms with Crippen LogP contribution in [0, 0.1) is 5.41 Å². The summed E-state index contributed by atoms with van der Waals surface area (Å²) in [5.74, 6) is 0. The zero-order chi connectivity index (χ0) is 13.0. The number of hydrogen-bond acceptors (Lipinski definition) is 3. The van der Waals surface area contributed by atoms with Gasteiger partial charge in [-0.3, -0.25) is 0 Å². The predicted octanol–water partition coefficient (Wildman–Crippen LogP) is 3.85. The zero-order valence-electron chi connectivity index (χ0n) is 11.2. The summed E-state index contributed by atoms with van der Waals surface area (Å²) >= 11 is 5.40. The lowest BCUT2D eigenvalue weighted by Crippen LogP contribution is -2.41. The lowest BCUT2D eigenvalue weighted by Gasteiger charge is -2.32. The topological polar surface area (TPSA) is 21.3 Å². The van der Waals surface area contributed by atoms with E-state index in [0.717, 1.165) is 26.1 Å². The van der Waals surface area contributed by atoms with Crippen molar-refractivity contribution < 1.29 is 4.74 Å². The lowest BCUT2D eigenvalue weighted by atomic mass is 9.78. The van der Waals surface area contributed by atoms with E-state index in [1.54, 1.807) is 0 Å². The summed E-state index contributed by atoms with van der Waals surface area (Å²) in [7, 11) is 0. The summed E-state index contributed by atoms with van der Waals surface area (Å²) in [4.78, 5) is 1.46. The average Bonchev–Trinajstić information content (AvgIpc) is 2.88. The Kier molecular flexibility index (Phi) is 5.24. The van der Waals surface area contributed by atoms with Crippen LogP contribution in [0.15, 0.2) is 15.9 Å². The molecule has 2 atom stereocenters. The van der Waals surface area contributed by atoms with Crippen molar-refractivity contribution in [1.29, 1.82) is 0 Å². The van der Waals surface area contributed by atoms with Crippen LogP contribution in [0.25, 0.3) is 0 Å². The van der Waals surface area contributed by atoms with Crippen molar-refractivity contribution in [3.8, 4) is 0 Å². The molecule has 1 aliphatic rings. The van der Waals surface area contributed by atoms with Crippen molar-refractivity contribution >= 4 is 27.3 Å². The number of rotatable bonds is 6. The van der Waals surface area contributed by atoms with Crippen LogP contribution in [0.3, 0.4) is 0 Å². The minimum Gasteiger partial charge on any atom is -0.378 e. The van der Waals surface area contributed by atoms with Gasteiger partial charge >= 0.3 is 0 Å². The molecule has 0 aliphatic carbocycles. The van der Waals surface area contributed by atoms with Crippen LogP contribution in [0.1, 0.15) is 31.6 Å². The molecule has 0 bridgehead atoms. The molecular formula is C14H22BrNOS. The summed E-state index contributed by atoms with van der Waals surface area (Å²) in [6.45, 7) is 7.51. The van der Waals surface area contributed by atoms with E-state index in [-0.39, 0.29) is 5.41 Å². The molecule has 2 unspecified atom stereocenters. The highest BCUT2D eigenvalue weighted by atomic mass is 79.9. The van der Waals surface area contributed by atoms with Gasteiger partial charge in [0.15, 0.2) is 0 Å². The Bertz CT molecular complexity index is 382. The summed E-state index contributed by atoms with van der Waals surface area (Å²) < 4.78 is 7.05. The number of thiophene rings is 1. The van der Waals surface area contributed by atoms with Gasteiger partial charge in [-0.05, 0) is 60.8 Å². The highest BCUT2D eigenvalue weighted by molar-refractivity contribution is 9.11. The second kappa shape index (κ2) is 6.51. The smallest absolute Gasteiger partial charge is 0.0701 e. The second-order valence-electron chi connectivity index (χ2n) is 5.18. The van der Waals surface area contributed by atoms with E-state index in [1.807, 2.05) is 11.3 Å². The summed E-state index contributed by atoms with van der Waals surface area (Å²) in [6, 6.07) is 4.38. The minimum absolute atomic E-state index is 0.277. The molecule has 2 heterocycles. The van der Waals surface area contributed by atoms with Crippen LogP contribution >= 0.6 is 27.3 Å². The van der Waals surface area contributed by atoms with E-state index in [0.29, 0.717) is 6.10 Å². The Morgan fingerprint density at radius 1 is 1.56 bits per heavy atom. The molecule has 2 rings (SSSR count). The zero-order valence-corrected chi connectivity index (χ0v) is 13.6. The third-order valence-electron chi connectivity index (χ3n) is 3.89. The van der Waals surface area contributed by atoms with Gasteiger partial charge < -0.3 is 10.1 Å². The van der Waals surface area contributed by atoms with Gasteiger partial charge in [0.2, 0.25) is 0 Å². The molecule has 4 heteroatoms. The van der Waals surface area contributed by atoms with Crippen molar-refractivity contribution in [2.45, 2.75) is 39.2 Å². The fraction of sp³-hybridized carbons (Fsp3) is 0.714. The highest BCUT2D eigenvalue weighted by Crippen LogP contribution is 2.39. The monoisotopic (exact) mass is 331 g/mol. The lowest BCUT2D eigenvalue weighted by molar-refractivity contribution is 0.0635. The SMILES string of the molecule is CCCNCC1(Cc2ccc(Br)s2)CCOC1C. The van der Waals surface area contributed by atoms with Crippen molar-refractivity contribution in [2.75, 3.05) is 19.7 Å². The molecule has 1 saturated heterocycles. The molecule has 0 aromatic carbocycles. The van der Waals surface area contributed by atoms with E-state index in [9.17, 15) is 0 Å². The Balaban J connectivity index is 2.04. The van der Waals surface area contributed by atoms with Crippen LogP contribution in [0.2, 0.25) is 0 Å². The number of nitrogens with one attached hydrogen (secondary N) is 1. The van der Waals surface area contributed by atoms with Crippen molar-refractivity contribution in [3.05, 3.63) is 20.8 Å². The third-order valence-corrected chi connectivity index (χ3v) is 5.51.